The number of hydrogen-bond donors (Lipinski definition) is 1. The van der Waals surface area contributed by atoms with Crippen molar-refractivity contribution in [3.8, 4) is 0 Å². The maximum atomic E-state index is 12.6. The van der Waals surface area contributed by atoms with Crippen LogP contribution in [0, 0.1) is 16.0 Å². The van der Waals surface area contributed by atoms with E-state index in [9.17, 15) is 14.9 Å². The molecular weight excluding hydrogens is 368 g/mol. The molecule has 0 radical (unpaired) electrons. The van der Waals surface area contributed by atoms with E-state index in [1.807, 2.05) is 29.2 Å². The Morgan fingerprint density at radius 2 is 1.79 bits per heavy atom. The van der Waals surface area contributed by atoms with Gasteiger partial charge < -0.3 is 15.1 Å². The summed E-state index contributed by atoms with van der Waals surface area (Å²) in [5, 5.41) is 14.4. The van der Waals surface area contributed by atoms with E-state index in [2.05, 4.69) is 17.1 Å². The maximum absolute atomic E-state index is 12.6. The number of amides is 1. The second-order valence-electron chi connectivity index (χ2n) is 8.00. The first-order valence-corrected chi connectivity index (χ1v) is 10.2. The van der Waals surface area contributed by atoms with E-state index in [0.29, 0.717) is 17.3 Å². The van der Waals surface area contributed by atoms with Crippen LogP contribution in [-0.2, 0) is 0 Å². The molecule has 0 spiro atoms. The molecule has 2 aromatic carbocycles. The van der Waals surface area contributed by atoms with Crippen molar-refractivity contribution in [1.29, 1.82) is 0 Å². The number of hydrogen-bond acceptors (Lipinski definition) is 5. The van der Waals surface area contributed by atoms with Gasteiger partial charge in [-0.15, -0.1) is 0 Å². The van der Waals surface area contributed by atoms with Crippen LogP contribution in [0.5, 0.6) is 0 Å². The number of nitrogens with zero attached hydrogens (tertiary/aromatic N) is 3. The standard InChI is InChI=1S/C22H26N4O3/c1-16-10-13-25(15-16)19-7-5-18(6-8-19)23-22(27)17-4-9-20(21(14-17)26(28)29)24-11-2-3-12-24/h4-9,14,16H,2-3,10-13,15H2,1H3,(H,23,27). The minimum absolute atomic E-state index is 0.0157. The van der Waals surface area contributed by atoms with Crippen molar-refractivity contribution in [2.75, 3.05) is 41.3 Å². The molecule has 0 saturated carbocycles. The van der Waals surface area contributed by atoms with Crippen LogP contribution < -0.4 is 15.1 Å². The first-order chi connectivity index (χ1) is 14.0. The van der Waals surface area contributed by atoms with Gasteiger partial charge in [0.05, 0.1) is 4.92 Å². The van der Waals surface area contributed by atoms with Crippen LogP contribution >= 0.6 is 0 Å². The van der Waals surface area contributed by atoms with Crippen molar-refractivity contribution in [3.05, 3.63) is 58.1 Å². The molecule has 1 amide bonds. The van der Waals surface area contributed by atoms with E-state index < -0.39 is 4.92 Å². The summed E-state index contributed by atoms with van der Waals surface area (Å²) in [6, 6.07) is 12.5. The highest BCUT2D eigenvalue weighted by Crippen LogP contribution is 2.32. The molecule has 7 nitrogen and oxygen atoms in total. The average molecular weight is 394 g/mol. The fourth-order valence-electron chi connectivity index (χ4n) is 4.16. The van der Waals surface area contributed by atoms with Gasteiger partial charge in [0.15, 0.2) is 0 Å². The third kappa shape index (κ3) is 4.18. The Balaban J connectivity index is 1.48. The molecule has 0 aliphatic carbocycles. The SMILES string of the molecule is CC1CCN(c2ccc(NC(=O)c3ccc(N4CCCC4)c([N+](=O)[O-])c3)cc2)C1. The lowest BCUT2D eigenvalue weighted by Crippen LogP contribution is -2.20. The van der Waals surface area contributed by atoms with E-state index in [0.717, 1.165) is 44.7 Å². The minimum Gasteiger partial charge on any atom is -0.371 e. The number of carbonyl (C=O) groups is 1. The van der Waals surface area contributed by atoms with Crippen LogP contribution in [0.25, 0.3) is 0 Å². The highest BCUT2D eigenvalue weighted by Gasteiger charge is 2.24. The van der Waals surface area contributed by atoms with Crippen molar-refractivity contribution in [2.45, 2.75) is 26.2 Å². The second kappa shape index (κ2) is 8.11. The van der Waals surface area contributed by atoms with Crippen LogP contribution in [0.1, 0.15) is 36.5 Å². The molecule has 1 unspecified atom stereocenters. The summed E-state index contributed by atoms with van der Waals surface area (Å²) in [6.07, 6.45) is 3.27. The van der Waals surface area contributed by atoms with E-state index in [4.69, 9.17) is 0 Å². The molecule has 0 bridgehead atoms. The predicted octanol–water partition coefficient (Wildman–Crippen LogP) is 4.29. The summed E-state index contributed by atoms with van der Waals surface area (Å²) in [5.74, 6) is 0.359. The fraction of sp³-hybridized carbons (Fsp3) is 0.409. The topological polar surface area (TPSA) is 78.7 Å². The van der Waals surface area contributed by atoms with Crippen LogP contribution in [-0.4, -0.2) is 37.0 Å². The van der Waals surface area contributed by atoms with Gasteiger partial charge in [-0.3, -0.25) is 14.9 Å². The summed E-state index contributed by atoms with van der Waals surface area (Å²) in [6.45, 7) is 5.99. The summed E-state index contributed by atoms with van der Waals surface area (Å²) >= 11 is 0. The third-order valence-electron chi connectivity index (χ3n) is 5.80. The summed E-state index contributed by atoms with van der Waals surface area (Å²) in [4.78, 5) is 28.1. The van der Waals surface area contributed by atoms with Crippen LogP contribution in [0.2, 0.25) is 0 Å². The molecule has 2 saturated heterocycles. The normalized spacial score (nSPS) is 18.9. The molecular formula is C22H26N4O3. The Kier molecular flexibility index (Phi) is 5.38. The second-order valence-corrected chi connectivity index (χ2v) is 8.00. The Morgan fingerprint density at radius 3 is 2.41 bits per heavy atom. The van der Waals surface area contributed by atoms with Crippen molar-refractivity contribution >= 4 is 28.7 Å². The molecule has 2 aliphatic rings. The van der Waals surface area contributed by atoms with Gasteiger partial charge in [0.25, 0.3) is 11.6 Å². The molecule has 29 heavy (non-hydrogen) atoms. The van der Waals surface area contributed by atoms with Gasteiger partial charge in [0, 0.05) is 49.2 Å². The van der Waals surface area contributed by atoms with E-state index in [1.54, 1.807) is 12.1 Å². The van der Waals surface area contributed by atoms with Gasteiger partial charge in [-0.1, -0.05) is 6.92 Å². The van der Waals surface area contributed by atoms with Gasteiger partial charge >= 0.3 is 0 Å². The summed E-state index contributed by atoms with van der Waals surface area (Å²) in [7, 11) is 0. The molecule has 2 fully saturated rings. The monoisotopic (exact) mass is 394 g/mol. The van der Waals surface area contributed by atoms with Gasteiger partial charge in [-0.2, -0.15) is 0 Å². The first-order valence-electron chi connectivity index (χ1n) is 10.2. The quantitative estimate of drug-likeness (QED) is 0.604. The Morgan fingerprint density at radius 1 is 1.07 bits per heavy atom. The third-order valence-corrected chi connectivity index (χ3v) is 5.80. The van der Waals surface area contributed by atoms with E-state index >= 15 is 0 Å². The number of nitro benzene ring substituents is 1. The molecule has 2 aromatic rings. The smallest absolute Gasteiger partial charge is 0.293 e. The highest BCUT2D eigenvalue weighted by molar-refractivity contribution is 6.05. The largest absolute Gasteiger partial charge is 0.371 e. The van der Waals surface area contributed by atoms with Crippen molar-refractivity contribution in [2.24, 2.45) is 5.92 Å². The zero-order valence-electron chi connectivity index (χ0n) is 16.6. The number of nitrogens with one attached hydrogen (secondary N) is 1. The first kappa shape index (κ1) is 19.2. The van der Waals surface area contributed by atoms with Gasteiger partial charge in [0.2, 0.25) is 0 Å². The lowest BCUT2D eigenvalue weighted by Gasteiger charge is -2.19. The van der Waals surface area contributed by atoms with Crippen LogP contribution in [0.15, 0.2) is 42.5 Å². The molecule has 2 heterocycles. The Bertz CT molecular complexity index is 907. The van der Waals surface area contributed by atoms with Gasteiger partial charge in [-0.25, -0.2) is 0 Å². The zero-order valence-corrected chi connectivity index (χ0v) is 16.6. The summed E-state index contributed by atoms with van der Waals surface area (Å²) in [5.41, 5.74) is 2.69. The molecule has 0 aromatic heterocycles. The lowest BCUT2D eigenvalue weighted by molar-refractivity contribution is -0.384. The molecule has 4 rings (SSSR count). The van der Waals surface area contributed by atoms with E-state index in [-0.39, 0.29) is 17.2 Å². The van der Waals surface area contributed by atoms with Crippen LogP contribution in [0.4, 0.5) is 22.7 Å². The maximum Gasteiger partial charge on any atom is 0.293 e. The molecule has 7 heteroatoms. The highest BCUT2D eigenvalue weighted by atomic mass is 16.6. The van der Waals surface area contributed by atoms with E-state index in [1.165, 1.54) is 12.5 Å². The van der Waals surface area contributed by atoms with Crippen molar-refractivity contribution in [1.82, 2.24) is 0 Å². The number of carbonyl (C=O) groups excluding carboxylic acids is 1. The Hall–Kier alpha value is -3.09. The average Bonchev–Trinajstić information content (AvgIpc) is 3.40. The predicted molar refractivity (Wildman–Crippen MR) is 115 cm³/mol. The fourth-order valence-corrected chi connectivity index (χ4v) is 4.16. The number of anilines is 3. The Labute approximate surface area is 170 Å². The number of benzene rings is 2. The zero-order chi connectivity index (χ0) is 20.4. The van der Waals surface area contributed by atoms with Crippen molar-refractivity contribution < 1.29 is 9.72 Å². The lowest BCUT2D eigenvalue weighted by atomic mass is 10.1. The molecule has 1 N–H and O–H groups in total. The van der Waals surface area contributed by atoms with Gasteiger partial charge in [0.1, 0.15) is 5.69 Å². The summed E-state index contributed by atoms with van der Waals surface area (Å²) < 4.78 is 0. The van der Waals surface area contributed by atoms with Gasteiger partial charge in [-0.05, 0) is 61.6 Å². The number of rotatable bonds is 5. The van der Waals surface area contributed by atoms with Crippen molar-refractivity contribution in [3.63, 3.8) is 0 Å². The molecule has 2 aliphatic heterocycles. The van der Waals surface area contributed by atoms with Crippen LogP contribution in [0.3, 0.4) is 0 Å². The number of nitro groups is 1. The molecule has 1 atom stereocenters. The molecule has 152 valence electrons. The minimum atomic E-state index is -0.406.